The van der Waals surface area contributed by atoms with Crippen LogP contribution in [0.2, 0.25) is 0 Å². The highest BCUT2D eigenvalue weighted by molar-refractivity contribution is 8.01. The van der Waals surface area contributed by atoms with Gasteiger partial charge in [0.2, 0.25) is 5.13 Å². The lowest BCUT2D eigenvalue weighted by atomic mass is 9.93. The van der Waals surface area contributed by atoms with Crippen LogP contribution in [0, 0.1) is 0 Å². The quantitative estimate of drug-likeness (QED) is 0.165. The number of amides is 2. The van der Waals surface area contributed by atoms with Gasteiger partial charge in [0.05, 0.1) is 25.3 Å². The molecule has 1 fully saturated rings. The van der Waals surface area contributed by atoms with E-state index in [0.717, 1.165) is 60.9 Å². The number of urea groups is 1. The molecule has 0 bridgehead atoms. The van der Waals surface area contributed by atoms with Crippen molar-refractivity contribution in [2.75, 3.05) is 50.1 Å². The zero-order valence-electron chi connectivity index (χ0n) is 22.0. The molecule has 5 rings (SSSR count). The summed E-state index contributed by atoms with van der Waals surface area (Å²) in [5.41, 5.74) is 0.570. The van der Waals surface area contributed by atoms with Gasteiger partial charge < -0.3 is 14.0 Å². The Bertz CT molecular complexity index is 1410. The van der Waals surface area contributed by atoms with Gasteiger partial charge in [-0.15, -0.1) is 10.2 Å². The number of carbonyl (C=O) groups is 1. The molecule has 0 atom stereocenters. The minimum Gasteiger partial charge on any atom is -0.493 e. The number of anilines is 2. The van der Waals surface area contributed by atoms with E-state index in [1.165, 1.54) is 29.4 Å². The molecule has 0 spiro atoms. The molecule has 0 aliphatic carbocycles. The van der Waals surface area contributed by atoms with E-state index in [1.807, 2.05) is 39.0 Å². The molecule has 2 amide bonds. The summed E-state index contributed by atoms with van der Waals surface area (Å²) in [6.07, 6.45) is 2.47. The average Bonchev–Trinajstić information content (AvgIpc) is 3.57. The third-order valence-corrected chi connectivity index (χ3v) is 7.77. The van der Waals surface area contributed by atoms with Crippen LogP contribution in [-0.2, 0) is 10.2 Å². The highest BCUT2D eigenvalue weighted by atomic mass is 32.2. The number of carbonyl (C=O) groups excluding carboxylic acids is 1. The molecule has 0 radical (unpaired) electrons. The standard InChI is InChI=1S/C25H30N8O4S2/c1-25(2,3)19-14-20(32-37-19)28-22(34)29-23-30-31-24(39-23)38-21-17-6-5-16(13-18(17)26-15-27-21)36-10-4-7-33-8-11-35-12-9-33/h5-6,13-15H,4,7-12H2,1-3H3,(H2,28,29,30,32,34). The number of hydrogen-bond acceptors (Lipinski definition) is 12. The number of aromatic nitrogens is 5. The molecule has 206 valence electrons. The van der Waals surface area contributed by atoms with Gasteiger partial charge in [-0.3, -0.25) is 15.5 Å². The topological polar surface area (TPSA) is 140 Å². The second-order valence-electron chi connectivity index (χ2n) is 9.89. The van der Waals surface area contributed by atoms with Crippen LogP contribution in [0.4, 0.5) is 15.7 Å². The fourth-order valence-corrected chi connectivity index (χ4v) is 5.54. The van der Waals surface area contributed by atoms with E-state index in [9.17, 15) is 4.79 Å². The molecule has 1 saturated heterocycles. The molecule has 4 aromatic rings. The lowest BCUT2D eigenvalue weighted by molar-refractivity contribution is 0.0358. The van der Waals surface area contributed by atoms with Crippen molar-refractivity contribution in [3.63, 3.8) is 0 Å². The number of benzene rings is 1. The molecule has 2 N–H and O–H groups in total. The maximum absolute atomic E-state index is 12.4. The Balaban J connectivity index is 1.15. The first-order valence-corrected chi connectivity index (χ1v) is 14.2. The third-order valence-electron chi connectivity index (χ3n) is 5.86. The predicted molar refractivity (Wildman–Crippen MR) is 149 cm³/mol. The summed E-state index contributed by atoms with van der Waals surface area (Å²) in [5, 5.41) is 19.4. The molecule has 14 heteroatoms. The number of ether oxygens (including phenoxy) is 2. The molecular weight excluding hydrogens is 540 g/mol. The fraction of sp³-hybridized carbons (Fsp3) is 0.440. The Morgan fingerprint density at radius 1 is 1.15 bits per heavy atom. The largest absolute Gasteiger partial charge is 0.493 e. The zero-order valence-corrected chi connectivity index (χ0v) is 23.6. The van der Waals surface area contributed by atoms with Gasteiger partial charge in [0.1, 0.15) is 22.9 Å². The first-order valence-electron chi connectivity index (χ1n) is 12.6. The second-order valence-corrected chi connectivity index (χ2v) is 12.1. The smallest absolute Gasteiger partial charge is 0.326 e. The number of morpholine rings is 1. The highest BCUT2D eigenvalue weighted by Crippen LogP contribution is 2.35. The van der Waals surface area contributed by atoms with E-state index in [-0.39, 0.29) is 5.41 Å². The summed E-state index contributed by atoms with van der Waals surface area (Å²) in [5.74, 6) is 1.77. The van der Waals surface area contributed by atoms with Crippen molar-refractivity contribution in [2.24, 2.45) is 0 Å². The van der Waals surface area contributed by atoms with Gasteiger partial charge in [-0.2, -0.15) is 0 Å². The average molecular weight is 571 g/mol. The van der Waals surface area contributed by atoms with Gasteiger partial charge in [-0.25, -0.2) is 14.8 Å². The van der Waals surface area contributed by atoms with E-state index >= 15 is 0 Å². The molecule has 1 aliphatic rings. The first-order chi connectivity index (χ1) is 18.8. The number of nitrogens with zero attached hydrogens (tertiary/aromatic N) is 6. The van der Waals surface area contributed by atoms with Crippen LogP contribution in [0.25, 0.3) is 10.9 Å². The van der Waals surface area contributed by atoms with Crippen LogP contribution < -0.4 is 15.4 Å². The van der Waals surface area contributed by atoms with Gasteiger partial charge >= 0.3 is 6.03 Å². The summed E-state index contributed by atoms with van der Waals surface area (Å²) in [6, 6.07) is 7.01. The lowest BCUT2D eigenvalue weighted by Gasteiger charge is -2.26. The molecule has 3 aromatic heterocycles. The van der Waals surface area contributed by atoms with E-state index in [4.69, 9.17) is 14.0 Å². The van der Waals surface area contributed by atoms with Crippen molar-refractivity contribution in [3.05, 3.63) is 36.4 Å². The summed E-state index contributed by atoms with van der Waals surface area (Å²) in [7, 11) is 0. The van der Waals surface area contributed by atoms with Crippen LogP contribution in [-0.4, -0.2) is 75.7 Å². The molecule has 12 nitrogen and oxygen atoms in total. The van der Waals surface area contributed by atoms with E-state index in [2.05, 4.69) is 40.9 Å². The van der Waals surface area contributed by atoms with Gasteiger partial charge in [0.15, 0.2) is 10.2 Å². The highest BCUT2D eigenvalue weighted by Gasteiger charge is 2.21. The summed E-state index contributed by atoms with van der Waals surface area (Å²) in [4.78, 5) is 23.6. The molecular formula is C25H30N8O4S2. The van der Waals surface area contributed by atoms with Crippen LogP contribution in [0.3, 0.4) is 0 Å². The second kappa shape index (κ2) is 12.2. The Labute approximate surface area is 233 Å². The van der Waals surface area contributed by atoms with Crippen LogP contribution in [0.5, 0.6) is 5.75 Å². The van der Waals surface area contributed by atoms with Crippen molar-refractivity contribution < 1.29 is 18.8 Å². The number of nitrogens with one attached hydrogen (secondary N) is 2. The Kier molecular flexibility index (Phi) is 8.55. The number of fused-ring (bicyclic) bond motifs is 1. The Morgan fingerprint density at radius 3 is 2.79 bits per heavy atom. The van der Waals surface area contributed by atoms with Gasteiger partial charge in [-0.1, -0.05) is 37.3 Å². The maximum Gasteiger partial charge on any atom is 0.326 e. The Morgan fingerprint density at radius 2 is 2.00 bits per heavy atom. The molecule has 4 heterocycles. The van der Waals surface area contributed by atoms with Crippen molar-refractivity contribution in [2.45, 2.75) is 42.0 Å². The maximum atomic E-state index is 12.4. The summed E-state index contributed by atoms with van der Waals surface area (Å²) >= 11 is 2.60. The van der Waals surface area contributed by atoms with E-state index in [1.54, 1.807) is 6.07 Å². The van der Waals surface area contributed by atoms with Crippen molar-refractivity contribution in [1.82, 2.24) is 30.2 Å². The minimum absolute atomic E-state index is 0.211. The monoisotopic (exact) mass is 570 g/mol. The molecule has 39 heavy (non-hydrogen) atoms. The van der Waals surface area contributed by atoms with Crippen molar-refractivity contribution in [3.8, 4) is 5.75 Å². The van der Waals surface area contributed by atoms with Gasteiger partial charge in [0, 0.05) is 42.6 Å². The number of hydrogen-bond donors (Lipinski definition) is 2. The van der Waals surface area contributed by atoms with Gasteiger partial charge in [-0.05, 0) is 30.3 Å². The Hall–Kier alpha value is -3.33. The number of rotatable bonds is 9. The molecule has 1 aromatic carbocycles. The minimum atomic E-state index is -0.485. The third kappa shape index (κ3) is 7.41. The van der Waals surface area contributed by atoms with Crippen LogP contribution in [0.1, 0.15) is 33.0 Å². The molecule has 0 saturated carbocycles. The van der Waals surface area contributed by atoms with E-state index in [0.29, 0.717) is 27.7 Å². The normalized spacial score (nSPS) is 14.4. The SMILES string of the molecule is CC(C)(C)c1cc(NC(=O)Nc2nnc(Sc3ncnc4cc(OCCCN5CCOCC5)ccc34)s2)no1. The van der Waals surface area contributed by atoms with Crippen LogP contribution in [0.15, 0.2) is 44.5 Å². The van der Waals surface area contributed by atoms with Crippen molar-refractivity contribution in [1.29, 1.82) is 0 Å². The predicted octanol–water partition coefficient (Wildman–Crippen LogP) is 4.66. The molecule has 1 aliphatic heterocycles. The van der Waals surface area contributed by atoms with Gasteiger partial charge in [0.25, 0.3) is 0 Å². The summed E-state index contributed by atoms with van der Waals surface area (Å²) < 4.78 is 17.3. The fourth-order valence-electron chi connectivity index (χ4n) is 3.80. The lowest BCUT2D eigenvalue weighted by Crippen LogP contribution is -2.37. The summed E-state index contributed by atoms with van der Waals surface area (Å²) in [6.45, 7) is 11.2. The van der Waals surface area contributed by atoms with E-state index < -0.39 is 6.03 Å². The molecule has 0 unspecified atom stereocenters. The van der Waals surface area contributed by atoms with Crippen LogP contribution >= 0.6 is 23.1 Å². The zero-order chi connectivity index (χ0) is 27.2. The van der Waals surface area contributed by atoms with Crippen molar-refractivity contribution >= 4 is 51.0 Å². The first kappa shape index (κ1) is 27.2.